The van der Waals surface area contributed by atoms with Gasteiger partial charge in [0.1, 0.15) is 5.75 Å². The Bertz CT molecular complexity index is 983. The maximum absolute atomic E-state index is 5.90. The zero-order chi connectivity index (χ0) is 19.3. The Morgan fingerprint density at radius 1 is 0.964 bits per heavy atom. The number of benzene rings is 3. The zero-order valence-corrected chi connectivity index (χ0v) is 17.1. The first-order valence-electron chi connectivity index (χ1n) is 10.6. The van der Waals surface area contributed by atoms with Crippen LogP contribution in [0.5, 0.6) is 5.75 Å². The van der Waals surface area contributed by atoms with Crippen LogP contribution in [0.4, 0.5) is 0 Å². The van der Waals surface area contributed by atoms with Crippen molar-refractivity contribution >= 4 is 10.8 Å². The summed E-state index contributed by atoms with van der Waals surface area (Å²) in [5.74, 6) is 1.63. The summed E-state index contributed by atoms with van der Waals surface area (Å²) < 4.78 is 5.90. The molecule has 1 atom stereocenters. The molecule has 1 nitrogen and oxygen atoms in total. The van der Waals surface area contributed by atoms with Crippen molar-refractivity contribution in [3.8, 4) is 5.75 Å². The van der Waals surface area contributed by atoms with Crippen molar-refractivity contribution in [2.24, 2.45) is 0 Å². The number of allylic oxidation sites excluding steroid dienone is 1. The van der Waals surface area contributed by atoms with E-state index in [0.717, 1.165) is 38.0 Å². The largest absolute Gasteiger partial charge is 0.493 e. The molecule has 0 aromatic heterocycles. The molecule has 1 unspecified atom stereocenters. The Kier molecular flexibility index (Phi) is 5.81. The fourth-order valence-corrected chi connectivity index (χ4v) is 4.30. The maximum Gasteiger partial charge on any atom is 0.119 e. The third-order valence-corrected chi connectivity index (χ3v) is 6.00. The van der Waals surface area contributed by atoms with Crippen LogP contribution in [0.2, 0.25) is 0 Å². The minimum Gasteiger partial charge on any atom is -0.493 e. The Morgan fingerprint density at radius 2 is 1.82 bits per heavy atom. The molecule has 0 heterocycles. The van der Waals surface area contributed by atoms with Gasteiger partial charge in [-0.05, 0) is 90.1 Å². The molecule has 0 N–H and O–H groups in total. The first kappa shape index (κ1) is 18.8. The third kappa shape index (κ3) is 4.14. The molecule has 0 saturated carbocycles. The van der Waals surface area contributed by atoms with Gasteiger partial charge in [-0.25, -0.2) is 0 Å². The minimum absolute atomic E-state index is 0.615. The highest BCUT2D eigenvalue weighted by Gasteiger charge is 2.21. The highest BCUT2D eigenvalue weighted by atomic mass is 16.5. The quantitative estimate of drug-likeness (QED) is 0.335. The number of hydrogen-bond donors (Lipinski definition) is 0. The molecule has 0 radical (unpaired) electrons. The second kappa shape index (κ2) is 8.65. The second-order valence-electron chi connectivity index (χ2n) is 7.87. The Morgan fingerprint density at radius 3 is 2.68 bits per heavy atom. The molecular formula is C27H30O. The molecule has 0 bridgehead atoms. The van der Waals surface area contributed by atoms with Crippen molar-refractivity contribution in [1.29, 1.82) is 0 Å². The van der Waals surface area contributed by atoms with Gasteiger partial charge in [0.25, 0.3) is 0 Å². The average molecular weight is 371 g/mol. The summed E-state index contributed by atoms with van der Waals surface area (Å²) in [5, 5.41) is 2.73. The summed E-state index contributed by atoms with van der Waals surface area (Å²) in [6.07, 6.45) is 9.77. The van der Waals surface area contributed by atoms with Gasteiger partial charge >= 0.3 is 0 Å². The molecular weight excluding hydrogens is 340 g/mol. The number of rotatable bonds is 6. The fraction of sp³-hybridized carbons (Fsp3) is 0.333. The Labute approximate surface area is 169 Å². The van der Waals surface area contributed by atoms with Crippen LogP contribution in [-0.4, -0.2) is 6.61 Å². The fourth-order valence-electron chi connectivity index (χ4n) is 4.30. The van der Waals surface area contributed by atoms with Crippen molar-refractivity contribution < 1.29 is 4.74 Å². The van der Waals surface area contributed by atoms with Crippen molar-refractivity contribution in [2.45, 2.75) is 51.9 Å². The van der Waals surface area contributed by atoms with Crippen LogP contribution in [0, 0.1) is 0 Å². The molecule has 0 aliphatic heterocycles. The van der Waals surface area contributed by atoms with Gasteiger partial charge < -0.3 is 4.74 Å². The van der Waals surface area contributed by atoms with E-state index in [2.05, 4.69) is 73.7 Å². The Balaban J connectivity index is 1.48. The summed E-state index contributed by atoms with van der Waals surface area (Å²) in [6.45, 7) is 5.02. The lowest BCUT2D eigenvalue weighted by Gasteiger charge is -2.26. The second-order valence-corrected chi connectivity index (χ2v) is 7.87. The van der Waals surface area contributed by atoms with Gasteiger partial charge in [0.05, 0.1) is 6.61 Å². The van der Waals surface area contributed by atoms with Gasteiger partial charge in [-0.15, -0.1) is 0 Å². The van der Waals surface area contributed by atoms with Crippen molar-refractivity contribution in [3.05, 3.63) is 89.0 Å². The lowest BCUT2D eigenvalue weighted by Crippen LogP contribution is -2.13. The van der Waals surface area contributed by atoms with E-state index in [9.17, 15) is 0 Å². The highest BCUT2D eigenvalue weighted by Crippen LogP contribution is 2.35. The molecule has 0 saturated heterocycles. The van der Waals surface area contributed by atoms with E-state index in [0.29, 0.717) is 5.92 Å². The Hall–Kier alpha value is -2.54. The number of fused-ring (bicyclic) bond motifs is 2. The minimum atomic E-state index is 0.615. The molecule has 0 fully saturated rings. The van der Waals surface area contributed by atoms with Crippen molar-refractivity contribution in [1.82, 2.24) is 0 Å². The maximum atomic E-state index is 5.90. The lowest BCUT2D eigenvalue weighted by atomic mass is 9.79. The highest BCUT2D eigenvalue weighted by molar-refractivity contribution is 5.84. The summed E-state index contributed by atoms with van der Waals surface area (Å²) >= 11 is 0. The molecule has 0 spiro atoms. The monoisotopic (exact) mass is 370 g/mol. The van der Waals surface area contributed by atoms with Crippen molar-refractivity contribution in [3.63, 3.8) is 0 Å². The van der Waals surface area contributed by atoms with E-state index in [4.69, 9.17) is 4.74 Å². The summed E-state index contributed by atoms with van der Waals surface area (Å²) in [4.78, 5) is 0. The van der Waals surface area contributed by atoms with E-state index in [1.165, 1.54) is 39.4 Å². The van der Waals surface area contributed by atoms with Crippen LogP contribution in [0.3, 0.4) is 0 Å². The molecule has 1 heteroatoms. The standard InChI is InChI=1S/C27H30O/c1-3-5-6-15-28-27-14-13-25-18-24(11-12-26(25)19-27)23-10-9-21-16-20(4-2)7-8-22(21)17-23/h3,5,7-10,13-14,16-17,19,24H,4,6,11-12,15,18H2,1-2H3. The topological polar surface area (TPSA) is 9.23 Å². The summed E-state index contributed by atoms with van der Waals surface area (Å²) in [5.41, 5.74) is 5.84. The van der Waals surface area contributed by atoms with Crippen LogP contribution < -0.4 is 4.74 Å². The van der Waals surface area contributed by atoms with Gasteiger partial charge in [0.2, 0.25) is 0 Å². The summed E-state index contributed by atoms with van der Waals surface area (Å²) in [6, 6.07) is 20.6. The first-order valence-corrected chi connectivity index (χ1v) is 10.6. The van der Waals surface area contributed by atoms with Gasteiger partial charge in [-0.3, -0.25) is 0 Å². The number of aryl methyl sites for hydroxylation is 2. The van der Waals surface area contributed by atoms with E-state index in [1.807, 2.05) is 6.92 Å². The SMILES string of the molecule is CC=CCCOc1ccc2c(c1)CCC(c1ccc3cc(CC)ccc3c1)C2. The van der Waals surface area contributed by atoms with Crippen molar-refractivity contribution in [2.75, 3.05) is 6.61 Å². The molecule has 3 aromatic rings. The van der Waals surface area contributed by atoms with E-state index in [1.54, 1.807) is 0 Å². The molecule has 28 heavy (non-hydrogen) atoms. The molecule has 1 aliphatic carbocycles. The van der Waals surface area contributed by atoms with Gasteiger partial charge in [-0.2, -0.15) is 0 Å². The van der Waals surface area contributed by atoms with Gasteiger partial charge in [0.15, 0.2) is 0 Å². The molecule has 1 aliphatic rings. The predicted molar refractivity (Wildman–Crippen MR) is 119 cm³/mol. The third-order valence-electron chi connectivity index (χ3n) is 6.00. The first-order chi connectivity index (χ1) is 13.8. The predicted octanol–water partition coefficient (Wildman–Crippen LogP) is 7.02. The number of ether oxygens (including phenoxy) is 1. The van der Waals surface area contributed by atoms with Gasteiger partial charge in [-0.1, -0.05) is 61.5 Å². The summed E-state index contributed by atoms with van der Waals surface area (Å²) in [7, 11) is 0. The van der Waals surface area contributed by atoms with Crippen LogP contribution >= 0.6 is 0 Å². The number of hydrogen-bond acceptors (Lipinski definition) is 1. The van der Waals surface area contributed by atoms with Crippen LogP contribution in [0.25, 0.3) is 10.8 Å². The molecule has 4 rings (SSSR count). The molecule has 3 aromatic carbocycles. The van der Waals surface area contributed by atoms with Crippen LogP contribution in [-0.2, 0) is 19.3 Å². The van der Waals surface area contributed by atoms with E-state index >= 15 is 0 Å². The molecule has 144 valence electrons. The lowest BCUT2D eigenvalue weighted by molar-refractivity contribution is 0.324. The molecule has 0 amide bonds. The van der Waals surface area contributed by atoms with E-state index < -0.39 is 0 Å². The zero-order valence-electron chi connectivity index (χ0n) is 17.1. The smallest absolute Gasteiger partial charge is 0.119 e. The van der Waals surface area contributed by atoms with Crippen LogP contribution in [0.1, 0.15) is 54.9 Å². The average Bonchev–Trinajstić information content (AvgIpc) is 2.75. The normalized spacial score (nSPS) is 16.4. The van der Waals surface area contributed by atoms with Crippen LogP contribution in [0.15, 0.2) is 66.7 Å². The van der Waals surface area contributed by atoms with E-state index in [-0.39, 0.29) is 0 Å². The van der Waals surface area contributed by atoms with Gasteiger partial charge in [0, 0.05) is 0 Å².